The van der Waals surface area contributed by atoms with Crippen LogP contribution in [0.25, 0.3) is 0 Å². The number of ether oxygens (including phenoxy) is 1. The summed E-state index contributed by atoms with van der Waals surface area (Å²) in [5.74, 6) is -1.92. The molecule has 0 spiro atoms. The van der Waals surface area contributed by atoms with Crippen LogP contribution < -0.4 is 0 Å². The van der Waals surface area contributed by atoms with Crippen molar-refractivity contribution in [3.8, 4) is 0 Å². The summed E-state index contributed by atoms with van der Waals surface area (Å²) in [6, 6.07) is 7.03. The van der Waals surface area contributed by atoms with E-state index in [1.807, 2.05) is 6.92 Å². The van der Waals surface area contributed by atoms with E-state index in [1.165, 1.54) is 23.5 Å². The SMILES string of the molecule is CO[C@H](CN(C)Cc1cc(F)ccc1F)[C@H](C)CN([C@@H](C)CO)S(=O)(=O)c1ccc(F)cc1. The first-order valence-electron chi connectivity index (χ1n) is 10.5. The van der Waals surface area contributed by atoms with Gasteiger partial charge < -0.3 is 9.84 Å². The highest BCUT2D eigenvalue weighted by atomic mass is 32.2. The standard InChI is InChI=1S/C23H31F3N2O4S/c1-16(23(32-4)14-27(3)13-18-11-20(25)7-10-22(18)26)12-28(17(2)15-29)33(30,31)21-8-5-19(24)6-9-21/h5-11,16-17,23,29H,12-15H2,1-4H3/t16-,17+,23-/m1/s1. The number of hydrogen-bond donors (Lipinski definition) is 1. The Morgan fingerprint density at radius 2 is 1.61 bits per heavy atom. The zero-order valence-corrected chi connectivity index (χ0v) is 20.0. The first-order valence-corrected chi connectivity index (χ1v) is 12.0. The Kier molecular flexibility index (Phi) is 9.86. The minimum Gasteiger partial charge on any atom is -0.395 e. The van der Waals surface area contributed by atoms with Gasteiger partial charge in [-0.25, -0.2) is 21.6 Å². The van der Waals surface area contributed by atoms with E-state index in [4.69, 9.17) is 4.74 Å². The molecule has 6 nitrogen and oxygen atoms in total. The van der Waals surface area contributed by atoms with Crippen LogP contribution in [0.15, 0.2) is 47.4 Å². The van der Waals surface area contributed by atoms with Crippen LogP contribution in [-0.4, -0.2) is 68.7 Å². The Labute approximate surface area is 193 Å². The minimum absolute atomic E-state index is 0.0299. The van der Waals surface area contributed by atoms with E-state index in [9.17, 15) is 26.7 Å². The van der Waals surface area contributed by atoms with Gasteiger partial charge in [-0.05, 0) is 62.4 Å². The maximum atomic E-state index is 14.0. The Morgan fingerprint density at radius 3 is 2.18 bits per heavy atom. The van der Waals surface area contributed by atoms with Crippen molar-refractivity contribution >= 4 is 10.0 Å². The van der Waals surface area contributed by atoms with Crippen molar-refractivity contribution in [1.29, 1.82) is 0 Å². The predicted molar refractivity (Wildman–Crippen MR) is 119 cm³/mol. The summed E-state index contributed by atoms with van der Waals surface area (Å²) in [6.45, 7) is 3.48. The Balaban J connectivity index is 2.16. The monoisotopic (exact) mass is 488 g/mol. The van der Waals surface area contributed by atoms with Crippen molar-refractivity contribution in [2.75, 3.05) is 33.9 Å². The van der Waals surface area contributed by atoms with E-state index in [-0.39, 0.29) is 29.5 Å². The van der Waals surface area contributed by atoms with Crippen LogP contribution in [0.2, 0.25) is 0 Å². The number of aliphatic hydroxyl groups excluding tert-OH is 1. The number of nitrogens with zero attached hydrogens (tertiary/aromatic N) is 2. The average Bonchev–Trinajstić information content (AvgIpc) is 2.77. The van der Waals surface area contributed by atoms with Gasteiger partial charge in [0.25, 0.3) is 0 Å². The molecule has 33 heavy (non-hydrogen) atoms. The Bertz CT molecular complexity index is 1010. The van der Waals surface area contributed by atoms with Gasteiger partial charge in [-0.1, -0.05) is 6.92 Å². The van der Waals surface area contributed by atoms with Gasteiger partial charge in [-0.3, -0.25) is 4.90 Å². The number of hydrogen-bond acceptors (Lipinski definition) is 5. The molecule has 0 aliphatic carbocycles. The fourth-order valence-corrected chi connectivity index (χ4v) is 5.29. The number of benzene rings is 2. The highest BCUT2D eigenvalue weighted by Gasteiger charge is 2.32. The third kappa shape index (κ3) is 7.25. The van der Waals surface area contributed by atoms with Crippen molar-refractivity contribution in [2.45, 2.75) is 37.4 Å². The lowest BCUT2D eigenvalue weighted by Crippen LogP contribution is -2.46. The molecule has 1 N–H and O–H groups in total. The number of aliphatic hydroxyl groups is 1. The van der Waals surface area contributed by atoms with Crippen LogP contribution in [0.1, 0.15) is 19.4 Å². The van der Waals surface area contributed by atoms with Crippen LogP contribution in [0.3, 0.4) is 0 Å². The quantitative estimate of drug-likeness (QED) is 0.497. The van der Waals surface area contributed by atoms with Gasteiger partial charge in [0.1, 0.15) is 17.5 Å². The summed E-state index contributed by atoms with van der Waals surface area (Å²) in [7, 11) is -0.786. The maximum Gasteiger partial charge on any atom is 0.243 e. The third-order valence-electron chi connectivity index (χ3n) is 5.52. The first kappa shape index (κ1) is 27.3. The maximum absolute atomic E-state index is 14.0. The molecule has 0 aliphatic heterocycles. The number of methoxy groups -OCH3 is 1. The minimum atomic E-state index is -4.01. The fourth-order valence-electron chi connectivity index (χ4n) is 3.56. The summed E-state index contributed by atoms with van der Waals surface area (Å²) in [5, 5.41) is 9.65. The van der Waals surface area contributed by atoms with E-state index in [0.29, 0.717) is 6.54 Å². The van der Waals surface area contributed by atoms with Gasteiger partial charge in [0.15, 0.2) is 0 Å². The highest BCUT2D eigenvalue weighted by molar-refractivity contribution is 7.89. The van der Waals surface area contributed by atoms with E-state index in [1.54, 1.807) is 18.9 Å². The Morgan fingerprint density at radius 1 is 1.00 bits per heavy atom. The van der Waals surface area contributed by atoms with Crippen molar-refractivity contribution in [2.24, 2.45) is 5.92 Å². The lowest BCUT2D eigenvalue weighted by Gasteiger charge is -2.33. The molecule has 3 atom stereocenters. The molecule has 2 aromatic carbocycles. The molecule has 0 radical (unpaired) electrons. The van der Waals surface area contributed by atoms with Crippen LogP contribution in [0.4, 0.5) is 13.2 Å². The van der Waals surface area contributed by atoms with Crippen LogP contribution in [-0.2, 0) is 21.3 Å². The van der Waals surface area contributed by atoms with Crippen molar-refractivity contribution in [3.63, 3.8) is 0 Å². The number of likely N-dealkylation sites (N-methyl/N-ethyl adjacent to an activating group) is 1. The van der Waals surface area contributed by atoms with E-state index in [2.05, 4.69) is 0 Å². The van der Waals surface area contributed by atoms with Crippen molar-refractivity contribution in [1.82, 2.24) is 9.21 Å². The molecule has 0 amide bonds. The number of rotatable bonds is 12. The average molecular weight is 489 g/mol. The largest absolute Gasteiger partial charge is 0.395 e. The molecule has 2 aromatic rings. The lowest BCUT2D eigenvalue weighted by atomic mass is 10.0. The van der Waals surface area contributed by atoms with Gasteiger partial charge >= 0.3 is 0 Å². The van der Waals surface area contributed by atoms with Crippen molar-refractivity contribution in [3.05, 3.63) is 65.5 Å². The lowest BCUT2D eigenvalue weighted by molar-refractivity contribution is 0.0219. The normalized spacial score (nSPS) is 15.1. The molecule has 0 fully saturated rings. The van der Waals surface area contributed by atoms with Gasteiger partial charge in [-0.15, -0.1) is 0 Å². The van der Waals surface area contributed by atoms with E-state index in [0.717, 1.165) is 30.3 Å². The van der Waals surface area contributed by atoms with E-state index >= 15 is 0 Å². The van der Waals surface area contributed by atoms with Gasteiger partial charge in [0.05, 0.1) is 17.6 Å². The molecule has 0 saturated heterocycles. The van der Waals surface area contributed by atoms with Crippen LogP contribution >= 0.6 is 0 Å². The molecule has 10 heteroatoms. The fraction of sp³-hybridized carbons (Fsp3) is 0.478. The van der Waals surface area contributed by atoms with Gasteiger partial charge in [-0.2, -0.15) is 4.31 Å². The van der Waals surface area contributed by atoms with Crippen molar-refractivity contribution < 1.29 is 31.4 Å². The number of halogens is 3. The third-order valence-corrected chi connectivity index (χ3v) is 7.52. The molecular weight excluding hydrogens is 457 g/mol. The summed E-state index contributed by atoms with van der Waals surface area (Å²) in [6.07, 6.45) is -0.441. The molecular formula is C23H31F3N2O4S. The first-order chi connectivity index (χ1) is 15.5. The number of sulfonamides is 1. The second-order valence-electron chi connectivity index (χ2n) is 8.24. The molecule has 184 valence electrons. The smallest absolute Gasteiger partial charge is 0.243 e. The molecule has 0 bridgehead atoms. The molecule has 0 unspecified atom stereocenters. The molecule has 0 heterocycles. The molecule has 0 aliphatic rings. The zero-order chi connectivity index (χ0) is 24.8. The highest BCUT2D eigenvalue weighted by Crippen LogP contribution is 2.22. The van der Waals surface area contributed by atoms with Crippen LogP contribution in [0, 0.1) is 23.4 Å². The summed E-state index contributed by atoms with van der Waals surface area (Å²) in [5.41, 5.74) is 0.203. The second-order valence-corrected chi connectivity index (χ2v) is 10.1. The Hall–Kier alpha value is -1.98. The summed E-state index contributed by atoms with van der Waals surface area (Å²) in [4.78, 5) is 1.68. The molecule has 0 aromatic heterocycles. The predicted octanol–water partition coefficient (Wildman–Crippen LogP) is 3.26. The summed E-state index contributed by atoms with van der Waals surface area (Å²) < 4.78 is 73.8. The van der Waals surface area contributed by atoms with Gasteiger partial charge in [0, 0.05) is 38.3 Å². The topological polar surface area (TPSA) is 70.1 Å². The molecule has 0 saturated carbocycles. The zero-order valence-electron chi connectivity index (χ0n) is 19.2. The van der Waals surface area contributed by atoms with E-state index < -0.39 is 46.2 Å². The van der Waals surface area contributed by atoms with Gasteiger partial charge in [0.2, 0.25) is 10.0 Å². The molecule has 2 rings (SSSR count). The summed E-state index contributed by atoms with van der Waals surface area (Å²) >= 11 is 0. The van der Waals surface area contributed by atoms with Crippen LogP contribution in [0.5, 0.6) is 0 Å². The second kappa shape index (κ2) is 11.9.